The molecule has 0 heterocycles. The lowest BCUT2D eigenvalue weighted by Gasteiger charge is -2.18. The molecule has 0 aromatic heterocycles. The van der Waals surface area contributed by atoms with Crippen LogP contribution < -0.4 is 5.32 Å². The van der Waals surface area contributed by atoms with Crippen LogP contribution in [0.5, 0.6) is 0 Å². The van der Waals surface area contributed by atoms with Gasteiger partial charge in [-0.25, -0.2) is 0 Å². The van der Waals surface area contributed by atoms with E-state index in [1.54, 1.807) is 14.0 Å². The molecule has 1 unspecified atom stereocenters. The van der Waals surface area contributed by atoms with Gasteiger partial charge in [-0.3, -0.25) is 4.79 Å². The average Bonchev–Trinajstić information content (AvgIpc) is 2.22. The molecule has 0 aromatic carbocycles. The number of nitrogens with one attached hydrogen (secondary N) is 1. The molecule has 0 bridgehead atoms. The zero-order chi connectivity index (χ0) is 11.0. The van der Waals surface area contributed by atoms with Crippen molar-refractivity contribution in [2.45, 2.75) is 26.7 Å². The maximum atomic E-state index is 11.5. The summed E-state index contributed by atoms with van der Waals surface area (Å²) in [4.78, 5) is 11.5. The van der Waals surface area contributed by atoms with E-state index in [9.17, 15) is 4.79 Å². The van der Waals surface area contributed by atoms with E-state index in [2.05, 4.69) is 5.32 Å². The number of nitriles is 1. The molecule has 4 nitrogen and oxygen atoms in total. The fourth-order valence-corrected chi connectivity index (χ4v) is 0.904. The molecule has 1 atom stereocenters. The van der Waals surface area contributed by atoms with Crippen LogP contribution in [-0.2, 0) is 9.53 Å². The number of ether oxygens (including phenoxy) is 1. The van der Waals surface area contributed by atoms with Crippen LogP contribution >= 0.6 is 0 Å². The van der Waals surface area contributed by atoms with E-state index >= 15 is 0 Å². The Morgan fingerprint density at radius 2 is 2.29 bits per heavy atom. The third kappa shape index (κ3) is 3.75. The van der Waals surface area contributed by atoms with Crippen LogP contribution in [0, 0.1) is 16.7 Å². The van der Waals surface area contributed by atoms with Crippen LogP contribution in [0.15, 0.2) is 0 Å². The van der Waals surface area contributed by atoms with Crippen molar-refractivity contribution in [1.29, 1.82) is 5.26 Å². The zero-order valence-corrected chi connectivity index (χ0v) is 9.09. The molecule has 0 rings (SSSR count). The lowest BCUT2D eigenvalue weighted by atomic mass is 9.88. The maximum Gasteiger partial charge on any atom is 0.240 e. The first-order valence-electron chi connectivity index (χ1n) is 4.79. The Kier molecular flexibility index (Phi) is 5.89. The molecule has 0 aliphatic rings. The van der Waals surface area contributed by atoms with Gasteiger partial charge < -0.3 is 10.1 Å². The van der Waals surface area contributed by atoms with E-state index in [0.717, 1.165) is 6.42 Å². The summed E-state index contributed by atoms with van der Waals surface area (Å²) in [6.45, 7) is 4.66. The van der Waals surface area contributed by atoms with Gasteiger partial charge in [-0.2, -0.15) is 5.26 Å². The van der Waals surface area contributed by atoms with Crippen LogP contribution in [0.25, 0.3) is 0 Å². The first-order valence-corrected chi connectivity index (χ1v) is 4.79. The minimum atomic E-state index is -0.896. The Labute approximate surface area is 85.2 Å². The molecule has 0 spiro atoms. The topological polar surface area (TPSA) is 62.1 Å². The number of hydrogen-bond donors (Lipinski definition) is 1. The number of amides is 1. The lowest BCUT2D eigenvalue weighted by Crippen LogP contribution is -2.38. The largest absolute Gasteiger partial charge is 0.385 e. The molecule has 0 saturated carbocycles. The highest BCUT2D eigenvalue weighted by atomic mass is 16.5. The van der Waals surface area contributed by atoms with Crippen LogP contribution in [0.1, 0.15) is 26.7 Å². The fraction of sp³-hybridized carbons (Fsp3) is 0.800. The highest BCUT2D eigenvalue weighted by Gasteiger charge is 2.30. The number of nitrogens with zero attached hydrogens (tertiary/aromatic N) is 1. The predicted octanol–water partition coefficient (Wildman–Crippen LogP) is 1.08. The van der Waals surface area contributed by atoms with Gasteiger partial charge in [-0.15, -0.1) is 0 Å². The van der Waals surface area contributed by atoms with E-state index in [-0.39, 0.29) is 5.91 Å². The molecule has 0 aliphatic carbocycles. The number of methoxy groups -OCH3 is 1. The summed E-state index contributed by atoms with van der Waals surface area (Å²) in [5, 5.41) is 11.5. The third-order valence-corrected chi connectivity index (χ3v) is 2.27. The van der Waals surface area contributed by atoms with Crippen LogP contribution in [0.4, 0.5) is 0 Å². The molecule has 0 aromatic rings. The quantitative estimate of drug-likeness (QED) is 0.649. The van der Waals surface area contributed by atoms with Gasteiger partial charge in [0, 0.05) is 20.3 Å². The molecule has 1 N–H and O–H groups in total. The van der Waals surface area contributed by atoms with Gasteiger partial charge >= 0.3 is 0 Å². The van der Waals surface area contributed by atoms with Crippen molar-refractivity contribution in [3.8, 4) is 6.07 Å². The number of carbonyl (C=O) groups is 1. The molecule has 0 radical (unpaired) electrons. The van der Waals surface area contributed by atoms with E-state index < -0.39 is 5.41 Å². The molecular formula is C10H18N2O2. The normalized spacial score (nSPS) is 14.1. The van der Waals surface area contributed by atoms with E-state index in [4.69, 9.17) is 10.00 Å². The molecular weight excluding hydrogens is 180 g/mol. The maximum absolute atomic E-state index is 11.5. The van der Waals surface area contributed by atoms with Crippen molar-refractivity contribution < 1.29 is 9.53 Å². The summed E-state index contributed by atoms with van der Waals surface area (Å²) in [6, 6.07) is 2.03. The summed E-state index contributed by atoms with van der Waals surface area (Å²) in [5.74, 6) is -0.196. The van der Waals surface area contributed by atoms with Crippen LogP contribution in [0.3, 0.4) is 0 Å². The number of carbonyl (C=O) groups excluding carboxylic acids is 1. The fourth-order valence-electron chi connectivity index (χ4n) is 0.904. The molecule has 0 aliphatic heterocycles. The van der Waals surface area contributed by atoms with Gasteiger partial charge in [0.15, 0.2) is 0 Å². The van der Waals surface area contributed by atoms with Crippen molar-refractivity contribution in [3.05, 3.63) is 0 Å². The van der Waals surface area contributed by atoms with Crippen LogP contribution in [0.2, 0.25) is 0 Å². The zero-order valence-electron chi connectivity index (χ0n) is 9.09. The van der Waals surface area contributed by atoms with E-state index in [1.807, 2.05) is 13.0 Å². The van der Waals surface area contributed by atoms with Gasteiger partial charge in [0.2, 0.25) is 5.91 Å². The summed E-state index contributed by atoms with van der Waals surface area (Å²) in [5.41, 5.74) is -0.896. The molecule has 4 heteroatoms. The van der Waals surface area contributed by atoms with Crippen molar-refractivity contribution >= 4 is 5.91 Å². The molecule has 14 heavy (non-hydrogen) atoms. The molecule has 0 fully saturated rings. The van der Waals surface area contributed by atoms with E-state index in [1.165, 1.54) is 0 Å². The van der Waals surface area contributed by atoms with Crippen molar-refractivity contribution in [1.82, 2.24) is 5.32 Å². The summed E-state index contributed by atoms with van der Waals surface area (Å²) >= 11 is 0. The summed E-state index contributed by atoms with van der Waals surface area (Å²) in [7, 11) is 1.62. The SMILES string of the molecule is CCC(C)(C#N)C(=O)NCCCOC. The first-order chi connectivity index (χ1) is 6.60. The molecule has 0 saturated heterocycles. The van der Waals surface area contributed by atoms with Gasteiger partial charge in [-0.1, -0.05) is 6.92 Å². The van der Waals surface area contributed by atoms with Gasteiger partial charge in [0.05, 0.1) is 6.07 Å². The van der Waals surface area contributed by atoms with Gasteiger partial charge in [-0.05, 0) is 19.8 Å². The minimum Gasteiger partial charge on any atom is -0.385 e. The predicted molar refractivity (Wildman–Crippen MR) is 53.5 cm³/mol. The third-order valence-electron chi connectivity index (χ3n) is 2.27. The van der Waals surface area contributed by atoms with Crippen molar-refractivity contribution in [3.63, 3.8) is 0 Å². The number of rotatable bonds is 6. The number of hydrogen-bond acceptors (Lipinski definition) is 3. The average molecular weight is 198 g/mol. The second-order valence-electron chi connectivity index (χ2n) is 3.40. The Morgan fingerprint density at radius 1 is 1.64 bits per heavy atom. The lowest BCUT2D eigenvalue weighted by molar-refractivity contribution is -0.127. The molecule has 80 valence electrons. The minimum absolute atomic E-state index is 0.196. The standard InChI is InChI=1S/C10H18N2O2/c1-4-10(2,8-11)9(13)12-6-5-7-14-3/h4-7H2,1-3H3,(H,12,13). The Morgan fingerprint density at radius 3 is 2.71 bits per heavy atom. The van der Waals surface area contributed by atoms with Crippen molar-refractivity contribution in [2.75, 3.05) is 20.3 Å². The summed E-state index contributed by atoms with van der Waals surface area (Å²) in [6.07, 6.45) is 1.30. The van der Waals surface area contributed by atoms with Crippen molar-refractivity contribution in [2.24, 2.45) is 5.41 Å². The van der Waals surface area contributed by atoms with Gasteiger partial charge in [0.25, 0.3) is 0 Å². The van der Waals surface area contributed by atoms with Gasteiger partial charge in [0.1, 0.15) is 5.41 Å². The second-order valence-corrected chi connectivity index (χ2v) is 3.40. The highest BCUT2D eigenvalue weighted by molar-refractivity contribution is 5.84. The first kappa shape index (κ1) is 12.9. The van der Waals surface area contributed by atoms with Crippen LogP contribution in [-0.4, -0.2) is 26.2 Å². The Balaban J connectivity index is 3.90. The molecule has 1 amide bonds. The van der Waals surface area contributed by atoms with E-state index in [0.29, 0.717) is 19.6 Å². The Hall–Kier alpha value is -1.08. The monoisotopic (exact) mass is 198 g/mol. The highest BCUT2D eigenvalue weighted by Crippen LogP contribution is 2.19. The summed E-state index contributed by atoms with van der Waals surface area (Å²) < 4.78 is 4.85. The Bertz CT molecular complexity index is 223. The second kappa shape index (κ2) is 6.39. The smallest absolute Gasteiger partial charge is 0.240 e.